The highest BCUT2D eigenvalue weighted by molar-refractivity contribution is 5.39. The van der Waals surface area contributed by atoms with Gasteiger partial charge in [-0.2, -0.15) is 8.78 Å². The Labute approximate surface area is 146 Å². The number of fused-ring (bicyclic) bond motifs is 1. The minimum absolute atomic E-state index is 0.105. The zero-order chi connectivity index (χ0) is 18.0. The quantitative estimate of drug-likeness (QED) is 0.869. The molecule has 0 radical (unpaired) electrons. The van der Waals surface area contributed by atoms with Crippen LogP contribution in [0.15, 0.2) is 24.4 Å². The molecule has 0 bridgehead atoms. The van der Waals surface area contributed by atoms with Crippen molar-refractivity contribution < 1.29 is 13.5 Å². The minimum atomic E-state index is -2.79. The maximum Gasteiger partial charge on any atom is 0.387 e. The second-order valence-corrected chi connectivity index (χ2v) is 6.53. The maximum atomic E-state index is 12.4. The molecule has 6 heteroatoms. The van der Waals surface area contributed by atoms with Gasteiger partial charge in [-0.25, -0.2) is 9.97 Å². The van der Waals surface area contributed by atoms with Crippen molar-refractivity contribution in [3.05, 3.63) is 52.6 Å². The molecule has 3 rings (SSSR count). The van der Waals surface area contributed by atoms with Crippen molar-refractivity contribution >= 4 is 0 Å². The van der Waals surface area contributed by atoms with E-state index in [9.17, 15) is 8.78 Å². The zero-order valence-electron chi connectivity index (χ0n) is 14.7. The number of alkyl halides is 2. The summed E-state index contributed by atoms with van der Waals surface area (Å²) in [6.07, 6.45) is 4.78. The van der Waals surface area contributed by atoms with Crippen LogP contribution >= 0.6 is 0 Å². The molecule has 2 atom stereocenters. The van der Waals surface area contributed by atoms with E-state index >= 15 is 0 Å². The molecule has 1 aliphatic carbocycles. The molecule has 134 valence electrons. The van der Waals surface area contributed by atoms with E-state index in [1.54, 1.807) is 12.1 Å². The Hall–Kier alpha value is -2.08. The highest BCUT2D eigenvalue weighted by Crippen LogP contribution is 2.34. The number of aryl methyl sites for hydroxylation is 3. The minimum Gasteiger partial charge on any atom is -0.435 e. The van der Waals surface area contributed by atoms with Crippen molar-refractivity contribution in [2.45, 2.75) is 58.7 Å². The Morgan fingerprint density at radius 1 is 1.28 bits per heavy atom. The Morgan fingerprint density at radius 2 is 2.08 bits per heavy atom. The summed E-state index contributed by atoms with van der Waals surface area (Å²) in [5.74, 6) is 0.994. The molecule has 0 unspecified atom stereocenters. The SMILES string of the molecule is Cc1ncc([C@H](C)N[C@@H]2CCCc3cc(OC(F)F)ccc32)c(C)n1. The predicted molar refractivity (Wildman–Crippen MR) is 91.8 cm³/mol. The van der Waals surface area contributed by atoms with Crippen LogP contribution in [0.1, 0.15) is 60.1 Å². The fraction of sp³-hybridized carbons (Fsp3) is 0.474. The van der Waals surface area contributed by atoms with E-state index in [1.807, 2.05) is 26.1 Å². The summed E-state index contributed by atoms with van der Waals surface area (Å²) in [4.78, 5) is 8.73. The van der Waals surface area contributed by atoms with Crippen LogP contribution in [0.2, 0.25) is 0 Å². The van der Waals surface area contributed by atoms with Gasteiger partial charge in [-0.1, -0.05) is 6.07 Å². The number of rotatable bonds is 5. The lowest BCUT2D eigenvalue weighted by Crippen LogP contribution is -2.28. The molecule has 25 heavy (non-hydrogen) atoms. The van der Waals surface area contributed by atoms with Crippen molar-refractivity contribution in [3.8, 4) is 5.75 Å². The third-order valence-corrected chi connectivity index (χ3v) is 4.71. The zero-order valence-corrected chi connectivity index (χ0v) is 14.7. The van der Waals surface area contributed by atoms with E-state index in [0.717, 1.165) is 47.5 Å². The van der Waals surface area contributed by atoms with Gasteiger partial charge in [-0.3, -0.25) is 0 Å². The highest BCUT2D eigenvalue weighted by Gasteiger charge is 2.23. The van der Waals surface area contributed by atoms with Crippen molar-refractivity contribution in [1.29, 1.82) is 0 Å². The van der Waals surface area contributed by atoms with Gasteiger partial charge in [-0.15, -0.1) is 0 Å². The Bertz CT molecular complexity index is 751. The van der Waals surface area contributed by atoms with Crippen molar-refractivity contribution in [2.75, 3.05) is 0 Å². The Kier molecular flexibility index (Phi) is 5.27. The smallest absolute Gasteiger partial charge is 0.387 e. The molecule has 1 aliphatic rings. The first-order chi connectivity index (χ1) is 11.9. The number of halogens is 2. The average Bonchev–Trinajstić information content (AvgIpc) is 2.54. The first-order valence-electron chi connectivity index (χ1n) is 8.58. The van der Waals surface area contributed by atoms with Gasteiger partial charge >= 0.3 is 6.61 Å². The van der Waals surface area contributed by atoms with Crippen LogP contribution in [0.3, 0.4) is 0 Å². The summed E-state index contributed by atoms with van der Waals surface area (Å²) in [5, 5.41) is 3.64. The van der Waals surface area contributed by atoms with Crippen LogP contribution in [-0.4, -0.2) is 16.6 Å². The molecular weight excluding hydrogens is 324 g/mol. The fourth-order valence-corrected chi connectivity index (χ4v) is 3.55. The molecule has 0 spiro atoms. The highest BCUT2D eigenvalue weighted by atomic mass is 19.3. The summed E-state index contributed by atoms with van der Waals surface area (Å²) >= 11 is 0. The predicted octanol–water partition coefficient (Wildman–Crippen LogP) is 4.42. The number of ether oxygens (including phenoxy) is 1. The average molecular weight is 347 g/mol. The van der Waals surface area contributed by atoms with Crippen LogP contribution in [-0.2, 0) is 6.42 Å². The lowest BCUT2D eigenvalue weighted by Gasteiger charge is -2.30. The summed E-state index contributed by atoms with van der Waals surface area (Å²) < 4.78 is 29.3. The monoisotopic (exact) mass is 347 g/mol. The van der Waals surface area contributed by atoms with Crippen LogP contribution < -0.4 is 10.1 Å². The molecule has 4 nitrogen and oxygen atoms in total. The van der Waals surface area contributed by atoms with E-state index in [0.29, 0.717) is 0 Å². The molecule has 0 saturated heterocycles. The molecule has 2 aromatic rings. The number of nitrogens with one attached hydrogen (secondary N) is 1. The van der Waals surface area contributed by atoms with Crippen LogP contribution in [0, 0.1) is 13.8 Å². The third kappa shape index (κ3) is 4.12. The summed E-state index contributed by atoms with van der Waals surface area (Å²) in [5.41, 5.74) is 4.29. The second-order valence-electron chi connectivity index (χ2n) is 6.53. The molecular formula is C19H23F2N3O. The summed E-state index contributed by atoms with van der Waals surface area (Å²) in [6.45, 7) is 3.18. The molecule has 1 aromatic heterocycles. The lowest BCUT2D eigenvalue weighted by atomic mass is 9.87. The molecule has 0 amide bonds. The van der Waals surface area contributed by atoms with Crippen LogP contribution in [0.4, 0.5) is 8.78 Å². The molecule has 1 heterocycles. The standard InChI is InChI=1S/C19H23F2N3O/c1-11-17(10-22-13(3)23-11)12(2)24-18-6-4-5-14-9-15(25-19(20)21)7-8-16(14)18/h7-10,12,18-19,24H,4-6H2,1-3H3/t12-,18+/m0/s1. The van der Waals surface area contributed by atoms with E-state index in [4.69, 9.17) is 0 Å². The summed E-state index contributed by atoms with van der Waals surface area (Å²) in [6, 6.07) is 5.54. The van der Waals surface area contributed by atoms with E-state index in [2.05, 4.69) is 26.9 Å². The molecule has 0 aliphatic heterocycles. The molecule has 0 saturated carbocycles. The lowest BCUT2D eigenvalue weighted by molar-refractivity contribution is -0.0499. The summed E-state index contributed by atoms with van der Waals surface area (Å²) in [7, 11) is 0. The first kappa shape index (κ1) is 17.7. The van der Waals surface area contributed by atoms with E-state index in [1.165, 1.54) is 0 Å². The van der Waals surface area contributed by atoms with Gasteiger partial charge in [-0.05, 0) is 63.3 Å². The number of benzene rings is 1. The van der Waals surface area contributed by atoms with Gasteiger partial charge in [0, 0.05) is 29.5 Å². The van der Waals surface area contributed by atoms with Gasteiger partial charge in [0.25, 0.3) is 0 Å². The topological polar surface area (TPSA) is 47.0 Å². The van der Waals surface area contributed by atoms with Crippen molar-refractivity contribution in [2.24, 2.45) is 0 Å². The number of aromatic nitrogens is 2. The van der Waals surface area contributed by atoms with Gasteiger partial charge in [0.05, 0.1) is 0 Å². The third-order valence-electron chi connectivity index (χ3n) is 4.71. The Balaban J connectivity index is 1.78. The molecule has 1 N–H and O–H groups in total. The van der Waals surface area contributed by atoms with Crippen molar-refractivity contribution in [1.82, 2.24) is 15.3 Å². The van der Waals surface area contributed by atoms with E-state index in [-0.39, 0.29) is 17.8 Å². The second kappa shape index (κ2) is 7.44. The van der Waals surface area contributed by atoms with Gasteiger partial charge in [0.1, 0.15) is 11.6 Å². The number of hydrogen-bond donors (Lipinski definition) is 1. The van der Waals surface area contributed by atoms with Gasteiger partial charge < -0.3 is 10.1 Å². The first-order valence-corrected chi connectivity index (χ1v) is 8.58. The van der Waals surface area contributed by atoms with Gasteiger partial charge in [0.2, 0.25) is 0 Å². The van der Waals surface area contributed by atoms with Crippen LogP contribution in [0.25, 0.3) is 0 Å². The van der Waals surface area contributed by atoms with E-state index < -0.39 is 6.61 Å². The Morgan fingerprint density at radius 3 is 2.80 bits per heavy atom. The molecule has 0 fully saturated rings. The molecule has 1 aromatic carbocycles. The largest absolute Gasteiger partial charge is 0.435 e. The fourth-order valence-electron chi connectivity index (χ4n) is 3.55. The normalized spacial score (nSPS) is 18.1. The number of hydrogen-bond acceptors (Lipinski definition) is 4. The van der Waals surface area contributed by atoms with Crippen molar-refractivity contribution in [3.63, 3.8) is 0 Å². The number of nitrogens with zero attached hydrogens (tertiary/aromatic N) is 2. The van der Waals surface area contributed by atoms with Gasteiger partial charge in [0.15, 0.2) is 0 Å². The maximum absolute atomic E-state index is 12.4. The van der Waals surface area contributed by atoms with Crippen LogP contribution in [0.5, 0.6) is 5.75 Å².